The van der Waals surface area contributed by atoms with Crippen LogP contribution in [0, 0.1) is 0 Å². The van der Waals surface area contributed by atoms with E-state index in [0.29, 0.717) is 36.0 Å². The molecule has 0 saturated heterocycles. The maximum absolute atomic E-state index is 12.5. The first kappa shape index (κ1) is 22.1. The average molecular weight is 425 g/mol. The molecule has 1 aliphatic heterocycles. The van der Waals surface area contributed by atoms with E-state index in [0.717, 1.165) is 0 Å². The van der Waals surface area contributed by atoms with E-state index < -0.39 is 0 Å². The molecule has 0 aliphatic carbocycles. The highest BCUT2D eigenvalue weighted by Crippen LogP contribution is 2.34. The quantitative estimate of drug-likeness (QED) is 0.667. The minimum atomic E-state index is -0.298. The number of fused-ring (bicyclic) bond motifs is 1. The molecule has 0 atom stereocenters. The summed E-state index contributed by atoms with van der Waals surface area (Å²) in [7, 11) is 0. The van der Waals surface area contributed by atoms with Crippen molar-refractivity contribution in [3.05, 3.63) is 48.5 Å². The van der Waals surface area contributed by atoms with Crippen LogP contribution in [0.1, 0.15) is 20.3 Å². The second kappa shape index (κ2) is 10.5. The molecule has 0 aromatic heterocycles. The van der Waals surface area contributed by atoms with Gasteiger partial charge in [-0.3, -0.25) is 19.3 Å². The zero-order valence-corrected chi connectivity index (χ0v) is 17.8. The molecule has 2 aromatic rings. The van der Waals surface area contributed by atoms with E-state index in [1.807, 2.05) is 44.2 Å². The SMILES string of the molecule is CCN(CC)C(=O)CN1C(=O)COc2ccc(NC(=O)CCOc3ccccc3)cc21. The van der Waals surface area contributed by atoms with Crippen LogP contribution in [0.3, 0.4) is 0 Å². The predicted molar refractivity (Wildman–Crippen MR) is 117 cm³/mol. The van der Waals surface area contributed by atoms with E-state index in [1.54, 1.807) is 23.1 Å². The number of benzene rings is 2. The molecule has 1 aliphatic rings. The fraction of sp³-hybridized carbons (Fsp3) is 0.348. The summed E-state index contributed by atoms with van der Waals surface area (Å²) in [6, 6.07) is 14.3. The second-order valence-corrected chi connectivity index (χ2v) is 6.98. The van der Waals surface area contributed by atoms with Gasteiger partial charge in [0.1, 0.15) is 18.0 Å². The topological polar surface area (TPSA) is 88.2 Å². The molecule has 0 spiro atoms. The number of likely N-dealkylation sites (N-methyl/N-ethyl adjacent to an activating group) is 1. The van der Waals surface area contributed by atoms with Crippen LogP contribution in [0.25, 0.3) is 0 Å². The molecule has 0 fully saturated rings. The lowest BCUT2D eigenvalue weighted by molar-refractivity contribution is -0.131. The average Bonchev–Trinajstić information content (AvgIpc) is 2.77. The van der Waals surface area contributed by atoms with Crippen molar-refractivity contribution in [2.75, 3.05) is 43.1 Å². The van der Waals surface area contributed by atoms with Gasteiger partial charge >= 0.3 is 0 Å². The molecule has 1 N–H and O–H groups in total. The first-order valence-corrected chi connectivity index (χ1v) is 10.3. The Hall–Kier alpha value is -3.55. The Kier molecular flexibility index (Phi) is 7.48. The van der Waals surface area contributed by atoms with Gasteiger partial charge in [-0.15, -0.1) is 0 Å². The third-order valence-electron chi connectivity index (χ3n) is 4.94. The number of rotatable bonds is 9. The number of nitrogens with zero attached hydrogens (tertiary/aromatic N) is 2. The zero-order chi connectivity index (χ0) is 22.2. The molecule has 164 valence electrons. The Morgan fingerprint density at radius 3 is 2.58 bits per heavy atom. The monoisotopic (exact) mass is 425 g/mol. The minimum Gasteiger partial charge on any atom is -0.493 e. The van der Waals surface area contributed by atoms with Gasteiger partial charge in [-0.05, 0) is 44.2 Å². The first-order chi connectivity index (χ1) is 15.0. The van der Waals surface area contributed by atoms with Crippen molar-refractivity contribution >= 4 is 29.1 Å². The molecule has 0 bridgehead atoms. The van der Waals surface area contributed by atoms with Gasteiger partial charge in [-0.1, -0.05) is 18.2 Å². The number of anilines is 2. The molecule has 2 aromatic carbocycles. The number of hydrogen-bond donors (Lipinski definition) is 1. The number of nitrogens with one attached hydrogen (secondary N) is 1. The molecule has 3 rings (SSSR count). The number of carbonyl (C=O) groups is 3. The highest BCUT2D eigenvalue weighted by Gasteiger charge is 2.29. The molecule has 0 saturated carbocycles. The van der Waals surface area contributed by atoms with Crippen LogP contribution in [-0.4, -0.2) is 55.5 Å². The third-order valence-corrected chi connectivity index (χ3v) is 4.94. The molecule has 8 heteroatoms. The van der Waals surface area contributed by atoms with E-state index in [-0.39, 0.29) is 43.9 Å². The van der Waals surface area contributed by atoms with Crippen LogP contribution in [0.5, 0.6) is 11.5 Å². The van der Waals surface area contributed by atoms with Crippen molar-refractivity contribution < 1.29 is 23.9 Å². The van der Waals surface area contributed by atoms with Crippen molar-refractivity contribution in [1.82, 2.24) is 4.90 Å². The molecular weight excluding hydrogens is 398 g/mol. The first-order valence-electron chi connectivity index (χ1n) is 10.3. The smallest absolute Gasteiger partial charge is 0.265 e. The van der Waals surface area contributed by atoms with Crippen LogP contribution < -0.4 is 19.7 Å². The van der Waals surface area contributed by atoms with E-state index in [1.165, 1.54) is 4.90 Å². The predicted octanol–water partition coefficient (Wildman–Crippen LogP) is 2.69. The molecule has 31 heavy (non-hydrogen) atoms. The van der Waals surface area contributed by atoms with Gasteiger partial charge in [-0.2, -0.15) is 0 Å². The van der Waals surface area contributed by atoms with Gasteiger partial charge in [0.05, 0.1) is 18.7 Å². The summed E-state index contributed by atoms with van der Waals surface area (Å²) in [5, 5.41) is 2.80. The van der Waals surface area contributed by atoms with Gasteiger partial charge in [0.25, 0.3) is 5.91 Å². The highest BCUT2D eigenvalue weighted by molar-refractivity contribution is 6.03. The number of carbonyl (C=O) groups excluding carboxylic acids is 3. The fourth-order valence-corrected chi connectivity index (χ4v) is 3.27. The number of hydrogen-bond acceptors (Lipinski definition) is 5. The summed E-state index contributed by atoms with van der Waals surface area (Å²) in [4.78, 5) is 40.3. The van der Waals surface area contributed by atoms with Crippen LogP contribution in [0.15, 0.2) is 48.5 Å². The van der Waals surface area contributed by atoms with Gasteiger partial charge in [0, 0.05) is 18.8 Å². The Morgan fingerprint density at radius 1 is 1.13 bits per heavy atom. The molecule has 1 heterocycles. The summed E-state index contributed by atoms with van der Waals surface area (Å²) in [5.74, 6) is 0.543. The molecule has 0 radical (unpaired) electrons. The summed E-state index contributed by atoms with van der Waals surface area (Å²) in [6.45, 7) is 4.98. The normalized spacial score (nSPS) is 12.6. The van der Waals surface area contributed by atoms with E-state index in [9.17, 15) is 14.4 Å². The third kappa shape index (κ3) is 5.75. The summed E-state index contributed by atoms with van der Waals surface area (Å²) in [5.41, 5.74) is 0.983. The van der Waals surface area contributed by atoms with Crippen molar-refractivity contribution in [3.8, 4) is 11.5 Å². The standard InChI is InChI=1S/C23H27N3O5/c1-3-25(4-2)22(28)15-26-19-14-17(10-11-20(19)31-16-23(26)29)24-21(27)12-13-30-18-8-6-5-7-9-18/h5-11,14H,3-4,12-13,15-16H2,1-2H3,(H,24,27). The lowest BCUT2D eigenvalue weighted by atomic mass is 10.2. The highest BCUT2D eigenvalue weighted by atomic mass is 16.5. The van der Waals surface area contributed by atoms with Crippen LogP contribution >= 0.6 is 0 Å². The molecule has 0 unspecified atom stereocenters. The lowest BCUT2D eigenvalue weighted by Gasteiger charge is -2.31. The van der Waals surface area contributed by atoms with Crippen molar-refractivity contribution in [2.45, 2.75) is 20.3 Å². The van der Waals surface area contributed by atoms with Gasteiger partial charge in [0.15, 0.2) is 6.61 Å². The van der Waals surface area contributed by atoms with Crippen molar-refractivity contribution in [1.29, 1.82) is 0 Å². The molecular formula is C23H27N3O5. The number of amides is 3. The zero-order valence-electron chi connectivity index (χ0n) is 17.8. The summed E-state index contributed by atoms with van der Waals surface area (Å²) in [6.07, 6.45) is 0.172. The Labute approximate surface area is 181 Å². The molecule has 8 nitrogen and oxygen atoms in total. The Morgan fingerprint density at radius 2 is 1.87 bits per heavy atom. The number of ether oxygens (including phenoxy) is 2. The largest absolute Gasteiger partial charge is 0.493 e. The minimum absolute atomic E-state index is 0.0702. The van der Waals surface area contributed by atoms with Crippen molar-refractivity contribution in [3.63, 3.8) is 0 Å². The van der Waals surface area contributed by atoms with Gasteiger partial charge < -0.3 is 19.7 Å². The Balaban J connectivity index is 1.64. The lowest BCUT2D eigenvalue weighted by Crippen LogP contribution is -2.46. The van der Waals surface area contributed by atoms with E-state index in [2.05, 4.69) is 5.32 Å². The van der Waals surface area contributed by atoms with Crippen molar-refractivity contribution in [2.24, 2.45) is 0 Å². The number of para-hydroxylation sites is 1. The summed E-state index contributed by atoms with van der Waals surface area (Å²) < 4.78 is 11.0. The van der Waals surface area contributed by atoms with Gasteiger partial charge in [0.2, 0.25) is 11.8 Å². The van der Waals surface area contributed by atoms with Crippen LogP contribution in [0.2, 0.25) is 0 Å². The fourth-order valence-electron chi connectivity index (χ4n) is 3.27. The summed E-state index contributed by atoms with van der Waals surface area (Å²) >= 11 is 0. The molecule has 3 amide bonds. The second-order valence-electron chi connectivity index (χ2n) is 6.98. The van der Waals surface area contributed by atoms with E-state index in [4.69, 9.17) is 9.47 Å². The Bertz CT molecular complexity index is 928. The van der Waals surface area contributed by atoms with Gasteiger partial charge in [-0.25, -0.2) is 0 Å². The van der Waals surface area contributed by atoms with E-state index >= 15 is 0 Å². The maximum Gasteiger partial charge on any atom is 0.265 e. The maximum atomic E-state index is 12.5. The van der Waals surface area contributed by atoms with Crippen LogP contribution in [-0.2, 0) is 14.4 Å². The van der Waals surface area contributed by atoms with Crippen LogP contribution in [0.4, 0.5) is 11.4 Å².